The van der Waals surface area contributed by atoms with Gasteiger partial charge in [0.2, 0.25) is 0 Å². The Bertz CT molecular complexity index is 557. The Morgan fingerprint density at radius 3 is 2.80 bits per heavy atom. The molecule has 15 heavy (non-hydrogen) atoms. The first kappa shape index (κ1) is 9.39. The van der Waals surface area contributed by atoms with E-state index >= 15 is 0 Å². The SMILES string of the molecule is CC(=O)c1ccn2ncc(C(=O)O)c2c1. The Labute approximate surface area is 84.9 Å². The second kappa shape index (κ2) is 3.20. The van der Waals surface area contributed by atoms with Gasteiger partial charge in [-0.2, -0.15) is 5.10 Å². The average Bonchev–Trinajstić information content (AvgIpc) is 2.59. The molecule has 2 aromatic heterocycles. The molecule has 0 aromatic carbocycles. The van der Waals surface area contributed by atoms with Gasteiger partial charge < -0.3 is 5.11 Å². The van der Waals surface area contributed by atoms with E-state index in [1.54, 1.807) is 12.3 Å². The van der Waals surface area contributed by atoms with Crippen LogP contribution in [0.2, 0.25) is 0 Å². The van der Waals surface area contributed by atoms with E-state index < -0.39 is 5.97 Å². The van der Waals surface area contributed by atoms with Crippen LogP contribution in [0.25, 0.3) is 5.52 Å². The van der Waals surface area contributed by atoms with Crippen molar-refractivity contribution in [1.29, 1.82) is 0 Å². The van der Waals surface area contributed by atoms with Gasteiger partial charge >= 0.3 is 5.97 Å². The van der Waals surface area contributed by atoms with Gasteiger partial charge in [0.05, 0.1) is 11.7 Å². The Hall–Kier alpha value is -2.17. The third-order valence-corrected chi connectivity index (χ3v) is 2.16. The second-order valence-corrected chi connectivity index (χ2v) is 3.16. The number of ketones is 1. The fraction of sp³-hybridized carbons (Fsp3) is 0.100. The molecule has 0 aliphatic rings. The van der Waals surface area contributed by atoms with E-state index in [9.17, 15) is 9.59 Å². The molecule has 2 rings (SSSR count). The van der Waals surface area contributed by atoms with Gasteiger partial charge in [-0.25, -0.2) is 9.31 Å². The number of hydrogen-bond acceptors (Lipinski definition) is 3. The number of rotatable bonds is 2. The summed E-state index contributed by atoms with van der Waals surface area (Å²) >= 11 is 0. The van der Waals surface area contributed by atoms with Gasteiger partial charge in [-0.3, -0.25) is 4.79 Å². The van der Waals surface area contributed by atoms with Gasteiger partial charge in [0.25, 0.3) is 0 Å². The van der Waals surface area contributed by atoms with Crippen LogP contribution < -0.4 is 0 Å². The van der Waals surface area contributed by atoms with Crippen LogP contribution in [0.5, 0.6) is 0 Å². The number of carbonyl (C=O) groups is 2. The molecule has 76 valence electrons. The van der Waals surface area contributed by atoms with Crippen molar-refractivity contribution in [1.82, 2.24) is 9.61 Å². The van der Waals surface area contributed by atoms with Crippen molar-refractivity contribution in [2.45, 2.75) is 6.92 Å². The molecule has 2 heterocycles. The average molecular weight is 204 g/mol. The zero-order chi connectivity index (χ0) is 11.0. The smallest absolute Gasteiger partial charge is 0.339 e. The lowest BCUT2D eigenvalue weighted by Crippen LogP contribution is -1.98. The van der Waals surface area contributed by atoms with E-state index in [2.05, 4.69) is 5.10 Å². The minimum atomic E-state index is -1.05. The third kappa shape index (κ3) is 1.48. The van der Waals surface area contributed by atoms with Crippen LogP contribution in [0.4, 0.5) is 0 Å². The fourth-order valence-electron chi connectivity index (χ4n) is 1.36. The summed E-state index contributed by atoms with van der Waals surface area (Å²) in [4.78, 5) is 21.9. The van der Waals surface area contributed by atoms with Crippen molar-refractivity contribution in [2.75, 3.05) is 0 Å². The molecule has 0 saturated heterocycles. The molecule has 2 aromatic rings. The summed E-state index contributed by atoms with van der Waals surface area (Å²) in [6, 6.07) is 3.13. The standard InChI is InChI=1S/C10H8N2O3/c1-6(13)7-2-3-12-9(4-7)8(5-11-12)10(14)15/h2-5H,1H3,(H,14,15). The molecule has 0 spiro atoms. The summed E-state index contributed by atoms with van der Waals surface area (Å²) in [5.41, 5.74) is 0.999. The van der Waals surface area contributed by atoms with Gasteiger partial charge in [0.15, 0.2) is 5.78 Å². The molecule has 0 aliphatic heterocycles. The van der Waals surface area contributed by atoms with Crippen molar-refractivity contribution in [3.05, 3.63) is 35.7 Å². The largest absolute Gasteiger partial charge is 0.478 e. The lowest BCUT2D eigenvalue weighted by atomic mass is 10.1. The van der Waals surface area contributed by atoms with Crippen molar-refractivity contribution in [2.24, 2.45) is 0 Å². The number of carboxylic acids is 1. The molecule has 0 amide bonds. The highest BCUT2D eigenvalue weighted by molar-refractivity contribution is 5.99. The summed E-state index contributed by atoms with van der Waals surface area (Å²) in [6.45, 7) is 1.43. The summed E-state index contributed by atoms with van der Waals surface area (Å²) < 4.78 is 1.43. The monoisotopic (exact) mass is 204 g/mol. The molecule has 5 heteroatoms. The normalized spacial score (nSPS) is 10.5. The lowest BCUT2D eigenvalue weighted by Gasteiger charge is -1.97. The van der Waals surface area contributed by atoms with Crippen LogP contribution in [0.3, 0.4) is 0 Å². The van der Waals surface area contributed by atoms with Gasteiger partial charge in [0.1, 0.15) is 5.56 Å². The second-order valence-electron chi connectivity index (χ2n) is 3.16. The number of carboxylic acid groups (broad SMARTS) is 1. The quantitative estimate of drug-likeness (QED) is 0.747. The molecular formula is C10H8N2O3. The Morgan fingerprint density at radius 1 is 1.47 bits per heavy atom. The molecule has 0 fully saturated rings. The van der Waals surface area contributed by atoms with Crippen LogP contribution in [-0.2, 0) is 0 Å². The zero-order valence-corrected chi connectivity index (χ0v) is 7.97. The minimum Gasteiger partial charge on any atom is -0.478 e. The number of pyridine rings is 1. The number of aromatic carboxylic acids is 1. The van der Waals surface area contributed by atoms with Gasteiger partial charge in [-0.15, -0.1) is 0 Å². The van der Waals surface area contributed by atoms with Crippen LogP contribution in [0.15, 0.2) is 24.5 Å². The number of fused-ring (bicyclic) bond motifs is 1. The molecule has 0 radical (unpaired) electrons. The summed E-state index contributed by atoms with van der Waals surface area (Å²) in [7, 11) is 0. The van der Waals surface area contributed by atoms with Gasteiger partial charge in [-0.1, -0.05) is 0 Å². The maximum atomic E-state index is 11.1. The predicted molar refractivity (Wildman–Crippen MR) is 52.2 cm³/mol. The highest BCUT2D eigenvalue weighted by Crippen LogP contribution is 2.13. The molecule has 0 aliphatic carbocycles. The first-order valence-electron chi connectivity index (χ1n) is 4.31. The van der Waals surface area contributed by atoms with Crippen molar-refractivity contribution < 1.29 is 14.7 Å². The Morgan fingerprint density at radius 2 is 2.20 bits per heavy atom. The molecule has 0 saturated carbocycles. The number of hydrogen-bond donors (Lipinski definition) is 1. The molecule has 0 atom stereocenters. The minimum absolute atomic E-state index is 0.0955. The van der Waals surface area contributed by atoms with Crippen molar-refractivity contribution >= 4 is 17.3 Å². The summed E-state index contributed by atoms with van der Waals surface area (Å²) in [5, 5.41) is 12.7. The van der Waals surface area contributed by atoms with E-state index in [1.807, 2.05) is 0 Å². The Kier molecular flexibility index (Phi) is 2.00. The summed E-state index contributed by atoms with van der Waals surface area (Å²) in [5.74, 6) is -1.15. The van der Waals surface area contributed by atoms with Crippen LogP contribution in [0.1, 0.15) is 27.6 Å². The first-order chi connectivity index (χ1) is 7.09. The molecule has 5 nitrogen and oxygen atoms in total. The zero-order valence-electron chi connectivity index (χ0n) is 7.97. The van der Waals surface area contributed by atoms with Crippen LogP contribution in [0, 0.1) is 0 Å². The predicted octanol–water partition coefficient (Wildman–Crippen LogP) is 1.24. The van der Waals surface area contributed by atoms with Crippen molar-refractivity contribution in [3.8, 4) is 0 Å². The Balaban J connectivity index is 2.72. The maximum Gasteiger partial charge on any atom is 0.339 e. The van der Waals surface area contributed by atoms with E-state index in [1.165, 1.54) is 23.7 Å². The number of carbonyl (C=O) groups excluding carboxylic acids is 1. The topological polar surface area (TPSA) is 71.7 Å². The molecule has 0 unspecified atom stereocenters. The van der Waals surface area contributed by atoms with Crippen LogP contribution >= 0.6 is 0 Å². The number of aromatic nitrogens is 2. The van der Waals surface area contributed by atoms with E-state index in [4.69, 9.17) is 5.11 Å². The first-order valence-corrected chi connectivity index (χ1v) is 4.31. The van der Waals surface area contributed by atoms with Gasteiger partial charge in [-0.05, 0) is 19.1 Å². The maximum absolute atomic E-state index is 11.1. The highest BCUT2D eigenvalue weighted by atomic mass is 16.4. The highest BCUT2D eigenvalue weighted by Gasteiger charge is 2.12. The summed E-state index contributed by atoms with van der Waals surface area (Å²) in [6.07, 6.45) is 2.83. The lowest BCUT2D eigenvalue weighted by molar-refractivity contribution is 0.0698. The van der Waals surface area contributed by atoms with E-state index in [0.717, 1.165) is 0 Å². The molecule has 0 bridgehead atoms. The number of Topliss-reactive ketones (excluding diaryl/α,β-unsaturated/α-hetero) is 1. The van der Waals surface area contributed by atoms with E-state index in [-0.39, 0.29) is 11.3 Å². The van der Waals surface area contributed by atoms with E-state index in [0.29, 0.717) is 11.1 Å². The van der Waals surface area contributed by atoms with Crippen LogP contribution in [-0.4, -0.2) is 26.5 Å². The fourth-order valence-corrected chi connectivity index (χ4v) is 1.36. The van der Waals surface area contributed by atoms with Crippen molar-refractivity contribution in [3.63, 3.8) is 0 Å². The van der Waals surface area contributed by atoms with Gasteiger partial charge in [0, 0.05) is 11.8 Å². The molecular weight excluding hydrogens is 196 g/mol. The number of nitrogens with zero attached hydrogens (tertiary/aromatic N) is 2. The molecule has 1 N–H and O–H groups in total. The third-order valence-electron chi connectivity index (χ3n) is 2.16.